The lowest BCUT2D eigenvalue weighted by atomic mass is 9.93. The largest absolute Gasteiger partial charge is 0.469 e. The zero-order chi connectivity index (χ0) is 14.4. The van der Waals surface area contributed by atoms with Crippen molar-refractivity contribution >= 4 is 11.9 Å². The lowest BCUT2D eigenvalue weighted by molar-refractivity contribution is -0.148. The van der Waals surface area contributed by atoms with Gasteiger partial charge in [-0.25, -0.2) is 0 Å². The van der Waals surface area contributed by atoms with Gasteiger partial charge in [-0.2, -0.15) is 0 Å². The molecule has 0 saturated carbocycles. The first-order valence-corrected chi connectivity index (χ1v) is 6.91. The summed E-state index contributed by atoms with van der Waals surface area (Å²) in [7, 11) is 2.82. The highest BCUT2D eigenvalue weighted by atomic mass is 16.5. The molecule has 1 rings (SSSR count). The number of likely N-dealkylation sites (tertiary alicyclic amines) is 1. The molecule has 0 aromatic carbocycles. The van der Waals surface area contributed by atoms with E-state index in [-0.39, 0.29) is 29.9 Å². The van der Waals surface area contributed by atoms with Gasteiger partial charge >= 0.3 is 11.9 Å². The van der Waals surface area contributed by atoms with Gasteiger partial charge in [0.05, 0.1) is 26.6 Å². The molecule has 110 valence electrons. The molecular weight excluding hydrogens is 246 g/mol. The molecule has 3 unspecified atom stereocenters. The zero-order valence-electron chi connectivity index (χ0n) is 12.3. The van der Waals surface area contributed by atoms with Crippen LogP contribution in [0.25, 0.3) is 0 Å². The minimum absolute atomic E-state index is 0.0717. The summed E-state index contributed by atoms with van der Waals surface area (Å²) in [5, 5.41) is 0. The van der Waals surface area contributed by atoms with Crippen LogP contribution in [0.4, 0.5) is 0 Å². The molecule has 1 aliphatic rings. The molecule has 0 aromatic heterocycles. The summed E-state index contributed by atoms with van der Waals surface area (Å²) in [6.07, 6.45) is 3.61. The van der Waals surface area contributed by atoms with E-state index < -0.39 is 0 Å². The number of carbonyl (C=O) groups is 2. The molecular formula is C14H25NO4. The Hall–Kier alpha value is -1.10. The van der Waals surface area contributed by atoms with Gasteiger partial charge in [0.1, 0.15) is 0 Å². The van der Waals surface area contributed by atoms with Crippen LogP contribution in [0, 0.1) is 5.92 Å². The Morgan fingerprint density at radius 1 is 1.21 bits per heavy atom. The fourth-order valence-electron chi connectivity index (χ4n) is 2.72. The molecule has 0 N–H and O–H groups in total. The molecule has 5 heteroatoms. The lowest BCUT2D eigenvalue weighted by Gasteiger charge is -2.41. The molecule has 0 aromatic rings. The molecule has 1 saturated heterocycles. The van der Waals surface area contributed by atoms with Gasteiger partial charge in [-0.15, -0.1) is 0 Å². The molecule has 0 bridgehead atoms. The average Bonchev–Trinajstić information content (AvgIpc) is 2.45. The Morgan fingerprint density at radius 2 is 1.89 bits per heavy atom. The maximum atomic E-state index is 11.6. The number of hydrogen-bond donors (Lipinski definition) is 0. The lowest BCUT2D eigenvalue weighted by Crippen LogP contribution is -2.50. The van der Waals surface area contributed by atoms with E-state index in [2.05, 4.69) is 4.90 Å². The van der Waals surface area contributed by atoms with Crippen molar-refractivity contribution in [1.29, 1.82) is 0 Å². The highest BCUT2D eigenvalue weighted by Gasteiger charge is 2.33. The molecule has 0 aliphatic carbocycles. The third kappa shape index (κ3) is 4.20. The third-order valence-corrected chi connectivity index (χ3v) is 4.12. The second-order valence-electron chi connectivity index (χ2n) is 5.22. The Bertz CT molecular complexity index is 317. The van der Waals surface area contributed by atoms with Crippen LogP contribution >= 0.6 is 0 Å². The SMILES string of the molecule is COC(=O)CC1CCCCN1C(C)C(C)C(=O)OC. The quantitative estimate of drug-likeness (QED) is 0.711. The van der Waals surface area contributed by atoms with E-state index >= 15 is 0 Å². The van der Waals surface area contributed by atoms with Gasteiger partial charge in [0.15, 0.2) is 0 Å². The monoisotopic (exact) mass is 271 g/mol. The maximum absolute atomic E-state index is 11.6. The van der Waals surface area contributed by atoms with Crippen LogP contribution in [-0.2, 0) is 19.1 Å². The molecule has 3 atom stereocenters. The minimum Gasteiger partial charge on any atom is -0.469 e. The van der Waals surface area contributed by atoms with Gasteiger partial charge in [0.25, 0.3) is 0 Å². The van der Waals surface area contributed by atoms with E-state index in [1.807, 2.05) is 13.8 Å². The van der Waals surface area contributed by atoms with E-state index in [4.69, 9.17) is 9.47 Å². The van der Waals surface area contributed by atoms with Crippen LogP contribution in [-0.4, -0.2) is 49.7 Å². The fourth-order valence-corrected chi connectivity index (χ4v) is 2.72. The van der Waals surface area contributed by atoms with Crippen molar-refractivity contribution in [3.05, 3.63) is 0 Å². The van der Waals surface area contributed by atoms with Crippen molar-refractivity contribution < 1.29 is 19.1 Å². The molecule has 19 heavy (non-hydrogen) atoms. The maximum Gasteiger partial charge on any atom is 0.309 e. The van der Waals surface area contributed by atoms with Crippen LogP contribution in [0.5, 0.6) is 0 Å². The Kier molecular flexibility index (Phi) is 6.28. The van der Waals surface area contributed by atoms with Crippen molar-refractivity contribution in [2.24, 2.45) is 5.92 Å². The first-order chi connectivity index (χ1) is 9.01. The van der Waals surface area contributed by atoms with Crippen molar-refractivity contribution in [2.45, 2.75) is 51.6 Å². The normalized spacial score (nSPS) is 23.5. The molecule has 1 aliphatic heterocycles. The second kappa shape index (κ2) is 7.48. The summed E-state index contributed by atoms with van der Waals surface area (Å²) in [6, 6.07) is 0.241. The van der Waals surface area contributed by atoms with Crippen molar-refractivity contribution in [3.63, 3.8) is 0 Å². The van der Waals surface area contributed by atoms with E-state index in [9.17, 15) is 9.59 Å². The predicted octanol–water partition coefficient (Wildman–Crippen LogP) is 1.60. The van der Waals surface area contributed by atoms with E-state index in [1.165, 1.54) is 14.2 Å². The van der Waals surface area contributed by atoms with Gasteiger partial charge in [-0.05, 0) is 26.3 Å². The van der Waals surface area contributed by atoms with Gasteiger partial charge in [0, 0.05) is 12.1 Å². The van der Waals surface area contributed by atoms with E-state index in [0.29, 0.717) is 6.42 Å². The van der Waals surface area contributed by atoms with E-state index in [1.54, 1.807) is 0 Å². The molecule has 1 heterocycles. The number of hydrogen-bond acceptors (Lipinski definition) is 5. The van der Waals surface area contributed by atoms with Gasteiger partial charge in [-0.1, -0.05) is 13.3 Å². The smallest absolute Gasteiger partial charge is 0.309 e. The highest BCUT2D eigenvalue weighted by Crippen LogP contribution is 2.25. The van der Waals surface area contributed by atoms with Crippen LogP contribution in [0.15, 0.2) is 0 Å². The number of methoxy groups -OCH3 is 2. The van der Waals surface area contributed by atoms with Gasteiger partial charge < -0.3 is 9.47 Å². The number of rotatable bonds is 5. The highest BCUT2D eigenvalue weighted by molar-refractivity contribution is 5.72. The van der Waals surface area contributed by atoms with Crippen LogP contribution in [0.3, 0.4) is 0 Å². The molecule has 0 amide bonds. The van der Waals surface area contributed by atoms with E-state index in [0.717, 1.165) is 25.8 Å². The Labute approximate surface area is 115 Å². The first kappa shape index (κ1) is 16.0. The second-order valence-corrected chi connectivity index (χ2v) is 5.22. The summed E-state index contributed by atoms with van der Waals surface area (Å²) >= 11 is 0. The number of esters is 2. The summed E-state index contributed by atoms with van der Waals surface area (Å²) in [5.74, 6) is -0.576. The number of carbonyl (C=O) groups excluding carboxylic acids is 2. The van der Waals surface area contributed by atoms with Crippen molar-refractivity contribution in [2.75, 3.05) is 20.8 Å². The van der Waals surface area contributed by atoms with Crippen molar-refractivity contribution in [3.8, 4) is 0 Å². The topological polar surface area (TPSA) is 55.8 Å². The molecule has 1 fully saturated rings. The van der Waals surface area contributed by atoms with Crippen LogP contribution < -0.4 is 0 Å². The minimum atomic E-state index is -0.199. The predicted molar refractivity (Wildman–Crippen MR) is 71.6 cm³/mol. The molecule has 0 radical (unpaired) electrons. The van der Waals surface area contributed by atoms with Crippen LogP contribution in [0.1, 0.15) is 39.5 Å². The summed E-state index contributed by atoms with van der Waals surface area (Å²) in [6.45, 7) is 4.82. The molecule has 5 nitrogen and oxygen atoms in total. The fraction of sp³-hybridized carbons (Fsp3) is 0.857. The van der Waals surface area contributed by atoms with Crippen LogP contribution in [0.2, 0.25) is 0 Å². The number of piperidine rings is 1. The standard InChI is InChI=1S/C14H25NO4/c1-10(14(17)19-4)11(2)15-8-6-5-7-12(15)9-13(16)18-3/h10-12H,5-9H2,1-4H3. The average molecular weight is 271 g/mol. The summed E-state index contributed by atoms with van der Waals surface area (Å²) in [5.41, 5.74) is 0. The Morgan fingerprint density at radius 3 is 2.47 bits per heavy atom. The van der Waals surface area contributed by atoms with Gasteiger partial charge in [0.2, 0.25) is 0 Å². The number of ether oxygens (including phenoxy) is 2. The Balaban J connectivity index is 2.70. The summed E-state index contributed by atoms with van der Waals surface area (Å²) in [4.78, 5) is 25.4. The summed E-state index contributed by atoms with van der Waals surface area (Å²) < 4.78 is 9.56. The van der Waals surface area contributed by atoms with Crippen molar-refractivity contribution in [1.82, 2.24) is 4.90 Å². The molecule has 0 spiro atoms. The first-order valence-electron chi connectivity index (χ1n) is 6.91. The zero-order valence-corrected chi connectivity index (χ0v) is 12.3. The van der Waals surface area contributed by atoms with Gasteiger partial charge in [-0.3, -0.25) is 14.5 Å². The third-order valence-electron chi connectivity index (χ3n) is 4.12. The number of nitrogens with zero attached hydrogens (tertiary/aromatic N) is 1.